The molecule has 0 saturated carbocycles. The van der Waals surface area contributed by atoms with E-state index >= 15 is 0 Å². The maximum atomic E-state index is 13.5. The number of benzene rings is 1. The van der Waals surface area contributed by atoms with Crippen molar-refractivity contribution in [2.24, 2.45) is 0 Å². The standard InChI is InChI=1S/C13H12BrFN2O3/c1-19-10-6-16-11(13(17-10)20-2)12(18)7-3-4-8(14)9(15)5-7/h3-6,12,18H,1-2H3. The summed E-state index contributed by atoms with van der Waals surface area (Å²) in [6, 6.07) is 4.32. The Morgan fingerprint density at radius 3 is 2.65 bits per heavy atom. The van der Waals surface area contributed by atoms with Crippen LogP contribution in [0.3, 0.4) is 0 Å². The second-order valence-corrected chi connectivity index (χ2v) is 4.74. The lowest BCUT2D eigenvalue weighted by atomic mass is 10.1. The Bertz CT molecular complexity index is 625. The lowest BCUT2D eigenvalue weighted by Gasteiger charge is -2.14. The van der Waals surface area contributed by atoms with Crippen LogP contribution in [0.25, 0.3) is 0 Å². The van der Waals surface area contributed by atoms with Crippen molar-refractivity contribution in [3.63, 3.8) is 0 Å². The monoisotopic (exact) mass is 342 g/mol. The van der Waals surface area contributed by atoms with Crippen LogP contribution in [0.4, 0.5) is 4.39 Å². The largest absolute Gasteiger partial charge is 0.480 e. The zero-order chi connectivity index (χ0) is 14.7. The van der Waals surface area contributed by atoms with Crippen molar-refractivity contribution in [3.05, 3.63) is 45.9 Å². The second-order valence-electron chi connectivity index (χ2n) is 3.88. The number of aliphatic hydroxyl groups is 1. The molecule has 1 aromatic heterocycles. The molecule has 7 heteroatoms. The highest BCUT2D eigenvalue weighted by Crippen LogP contribution is 2.29. The van der Waals surface area contributed by atoms with E-state index in [-0.39, 0.29) is 17.5 Å². The Morgan fingerprint density at radius 1 is 1.30 bits per heavy atom. The molecule has 20 heavy (non-hydrogen) atoms. The topological polar surface area (TPSA) is 64.5 Å². The average Bonchev–Trinajstić information content (AvgIpc) is 2.48. The molecule has 0 aliphatic rings. The third-order valence-corrected chi connectivity index (χ3v) is 3.31. The number of methoxy groups -OCH3 is 2. The molecule has 1 atom stereocenters. The summed E-state index contributed by atoms with van der Waals surface area (Å²) in [5.74, 6) is -0.0815. The average molecular weight is 343 g/mol. The SMILES string of the molecule is COc1cnc(C(O)c2ccc(Br)c(F)c2)c(OC)n1. The number of hydrogen-bond acceptors (Lipinski definition) is 5. The molecule has 2 aromatic rings. The van der Waals surface area contributed by atoms with E-state index in [2.05, 4.69) is 25.9 Å². The van der Waals surface area contributed by atoms with E-state index in [4.69, 9.17) is 9.47 Å². The summed E-state index contributed by atoms with van der Waals surface area (Å²) >= 11 is 3.06. The van der Waals surface area contributed by atoms with Crippen LogP contribution in [0.2, 0.25) is 0 Å². The van der Waals surface area contributed by atoms with Gasteiger partial charge >= 0.3 is 0 Å². The zero-order valence-corrected chi connectivity index (χ0v) is 12.4. The maximum absolute atomic E-state index is 13.5. The van der Waals surface area contributed by atoms with Gasteiger partial charge in [0.05, 0.1) is 24.9 Å². The van der Waals surface area contributed by atoms with Crippen LogP contribution in [0.5, 0.6) is 11.8 Å². The smallest absolute Gasteiger partial charge is 0.241 e. The molecular weight excluding hydrogens is 331 g/mol. The van der Waals surface area contributed by atoms with Crippen LogP contribution in [-0.4, -0.2) is 29.3 Å². The van der Waals surface area contributed by atoms with Crippen molar-refractivity contribution >= 4 is 15.9 Å². The van der Waals surface area contributed by atoms with Gasteiger partial charge in [-0.15, -0.1) is 0 Å². The van der Waals surface area contributed by atoms with Gasteiger partial charge in [0.2, 0.25) is 11.8 Å². The molecule has 1 heterocycles. The van der Waals surface area contributed by atoms with Gasteiger partial charge in [-0.05, 0) is 33.6 Å². The van der Waals surface area contributed by atoms with E-state index < -0.39 is 11.9 Å². The van der Waals surface area contributed by atoms with E-state index in [1.165, 1.54) is 32.5 Å². The van der Waals surface area contributed by atoms with Crippen LogP contribution in [0, 0.1) is 5.82 Å². The molecule has 0 aliphatic carbocycles. The molecule has 106 valence electrons. The van der Waals surface area contributed by atoms with Crippen molar-refractivity contribution in [1.82, 2.24) is 9.97 Å². The van der Waals surface area contributed by atoms with Gasteiger partial charge in [-0.3, -0.25) is 0 Å². The Morgan fingerprint density at radius 2 is 2.05 bits per heavy atom. The molecule has 1 N–H and O–H groups in total. The second kappa shape index (κ2) is 6.15. The first-order chi connectivity index (χ1) is 9.56. The summed E-state index contributed by atoms with van der Waals surface area (Å²) in [5, 5.41) is 10.3. The lowest BCUT2D eigenvalue weighted by molar-refractivity contribution is 0.206. The highest BCUT2D eigenvalue weighted by molar-refractivity contribution is 9.10. The van der Waals surface area contributed by atoms with Crippen LogP contribution in [0.1, 0.15) is 17.4 Å². The highest BCUT2D eigenvalue weighted by atomic mass is 79.9. The molecular formula is C13H12BrFN2O3. The number of nitrogens with zero attached hydrogens (tertiary/aromatic N) is 2. The van der Waals surface area contributed by atoms with Crippen molar-refractivity contribution in [1.29, 1.82) is 0 Å². The van der Waals surface area contributed by atoms with Gasteiger partial charge in [0.15, 0.2) is 0 Å². The summed E-state index contributed by atoms with van der Waals surface area (Å²) in [4.78, 5) is 8.08. The van der Waals surface area contributed by atoms with Crippen molar-refractivity contribution in [2.75, 3.05) is 14.2 Å². The fraction of sp³-hybridized carbons (Fsp3) is 0.231. The molecule has 0 radical (unpaired) electrons. The van der Waals surface area contributed by atoms with E-state index in [1.54, 1.807) is 6.07 Å². The first-order valence-electron chi connectivity index (χ1n) is 5.64. The Hall–Kier alpha value is -1.73. The van der Waals surface area contributed by atoms with Gasteiger partial charge in [-0.25, -0.2) is 9.37 Å². The molecule has 1 aromatic carbocycles. The van der Waals surface area contributed by atoms with Gasteiger partial charge in [0.1, 0.15) is 17.6 Å². The molecule has 0 aliphatic heterocycles. The molecule has 1 unspecified atom stereocenters. The Balaban J connectivity index is 2.41. The fourth-order valence-electron chi connectivity index (χ4n) is 1.64. The Kier molecular flexibility index (Phi) is 4.51. The highest BCUT2D eigenvalue weighted by Gasteiger charge is 2.20. The number of halogens is 2. The number of ether oxygens (including phenoxy) is 2. The minimum absolute atomic E-state index is 0.125. The zero-order valence-electron chi connectivity index (χ0n) is 10.8. The molecule has 2 rings (SSSR count). The third kappa shape index (κ3) is 2.88. The summed E-state index contributed by atoms with van der Waals surface area (Å²) in [6.45, 7) is 0. The molecule has 0 fully saturated rings. The Labute approximate surface area is 123 Å². The molecule has 0 saturated heterocycles. The predicted molar refractivity (Wildman–Crippen MR) is 73.3 cm³/mol. The minimum atomic E-state index is -1.15. The summed E-state index contributed by atoms with van der Waals surface area (Å²) in [7, 11) is 2.85. The summed E-state index contributed by atoms with van der Waals surface area (Å²) in [5.41, 5.74) is 0.540. The van der Waals surface area contributed by atoms with Gasteiger partial charge in [0, 0.05) is 0 Å². The van der Waals surface area contributed by atoms with E-state index in [9.17, 15) is 9.50 Å². The molecule has 0 amide bonds. The van der Waals surface area contributed by atoms with Gasteiger partial charge in [-0.2, -0.15) is 4.98 Å². The van der Waals surface area contributed by atoms with Crippen LogP contribution in [0.15, 0.2) is 28.9 Å². The number of hydrogen-bond donors (Lipinski definition) is 1. The predicted octanol–water partition coefficient (Wildman–Crippen LogP) is 2.48. The quantitative estimate of drug-likeness (QED) is 0.924. The molecule has 5 nitrogen and oxygen atoms in total. The van der Waals surface area contributed by atoms with Crippen molar-refractivity contribution in [2.45, 2.75) is 6.10 Å². The lowest BCUT2D eigenvalue weighted by Crippen LogP contribution is -2.07. The van der Waals surface area contributed by atoms with Gasteiger partial charge in [-0.1, -0.05) is 6.07 Å². The number of rotatable bonds is 4. The van der Waals surface area contributed by atoms with Crippen molar-refractivity contribution in [3.8, 4) is 11.8 Å². The normalized spacial score (nSPS) is 12.1. The van der Waals surface area contributed by atoms with E-state index in [0.29, 0.717) is 10.0 Å². The van der Waals surface area contributed by atoms with Crippen LogP contribution in [-0.2, 0) is 0 Å². The number of aliphatic hydroxyl groups excluding tert-OH is 1. The van der Waals surface area contributed by atoms with Crippen molar-refractivity contribution < 1.29 is 19.0 Å². The molecule has 0 bridgehead atoms. The van der Waals surface area contributed by atoms with Crippen LogP contribution >= 0.6 is 15.9 Å². The maximum Gasteiger partial charge on any atom is 0.241 e. The van der Waals surface area contributed by atoms with E-state index in [1.807, 2.05) is 0 Å². The van der Waals surface area contributed by atoms with Gasteiger partial charge < -0.3 is 14.6 Å². The number of aromatic nitrogens is 2. The molecule has 0 spiro atoms. The van der Waals surface area contributed by atoms with Crippen LogP contribution < -0.4 is 9.47 Å². The first kappa shape index (κ1) is 14.7. The summed E-state index contributed by atoms with van der Waals surface area (Å²) in [6.07, 6.45) is 0.210. The fourth-order valence-corrected chi connectivity index (χ4v) is 1.89. The minimum Gasteiger partial charge on any atom is -0.480 e. The first-order valence-corrected chi connectivity index (χ1v) is 6.44. The van der Waals surface area contributed by atoms with Gasteiger partial charge in [0.25, 0.3) is 0 Å². The summed E-state index contributed by atoms with van der Waals surface area (Å²) < 4.78 is 23.8. The third-order valence-electron chi connectivity index (χ3n) is 2.67. The van der Waals surface area contributed by atoms with E-state index in [0.717, 1.165) is 0 Å².